The lowest BCUT2D eigenvalue weighted by Gasteiger charge is -2.35. The maximum Gasteiger partial charge on any atom is 0.289 e. The van der Waals surface area contributed by atoms with Crippen LogP contribution in [0.4, 0.5) is 11.6 Å². The summed E-state index contributed by atoms with van der Waals surface area (Å²) in [5.74, 6) is -0.0396. The number of anilines is 2. The van der Waals surface area contributed by atoms with Crippen molar-refractivity contribution in [3.63, 3.8) is 0 Å². The minimum atomic E-state index is -1.58. The predicted molar refractivity (Wildman–Crippen MR) is 155 cm³/mol. The van der Waals surface area contributed by atoms with Crippen LogP contribution in [-0.4, -0.2) is 88.2 Å². The van der Waals surface area contributed by atoms with E-state index in [0.717, 1.165) is 32.0 Å². The number of amides is 1. The average molecular weight is 570 g/mol. The number of benzene rings is 1. The van der Waals surface area contributed by atoms with Crippen molar-refractivity contribution in [1.82, 2.24) is 14.9 Å². The summed E-state index contributed by atoms with van der Waals surface area (Å²) in [5.41, 5.74) is 0.118. The Morgan fingerprint density at radius 1 is 1.15 bits per heavy atom. The van der Waals surface area contributed by atoms with Crippen LogP contribution in [-0.2, 0) is 14.3 Å². The Kier molecular flexibility index (Phi) is 8.99. The lowest BCUT2D eigenvalue weighted by atomic mass is 10.0. The number of hydrogen-bond donors (Lipinski definition) is 1. The third-order valence-corrected chi connectivity index (χ3v) is 11.3. The summed E-state index contributed by atoms with van der Waals surface area (Å²) in [6, 6.07) is 9.36. The van der Waals surface area contributed by atoms with Crippen LogP contribution in [0.5, 0.6) is 17.5 Å². The van der Waals surface area contributed by atoms with Gasteiger partial charge in [0.1, 0.15) is 5.75 Å². The van der Waals surface area contributed by atoms with Crippen LogP contribution in [0.2, 0.25) is 19.1 Å². The van der Waals surface area contributed by atoms with E-state index in [9.17, 15) is 9.59 Å². The average Bonchev–Trinajstić information content (AvgIpc) is 3.32. The molecule has 2 aliphatic heterocycles. The molecule has 0 radical (unpaired) electrons. The second-order valence-electron chi connectivity index (χ2n) is 10.8. The molecular weight excluding hydrogens is 530 g/mol. The van der Waals surface area contributed by atoms with E-state index in [0.29, 0.717) is 17.7 Å². The van der Waals surface area contributed by atoms with Crippen molar-refractivity contribution in [1.29, 1.82) is 0 Å². The highest BCUT2D eigenvalue weighted by atomic mass is 28.3. The Bertz CT molecular complexity index is 1250. The summed E-state index contributed by atoms with van der Waals surface area (Å²) in [5, 5.41) is 3.89. The van der Waals surface area contributed by atoms with Gasteiger partial charge in [-0.05, 0) is 39.1 Å². The van der Waals surface area contributed by atoms with Crippen molar-refractivity contribution in [2.24, 2.45) is 0 Å². The summed E-state index contributed by atoms with van der Waals surface area (Å²) in [6.45, 7) is 8.31. The maximum absolute atomic E-state index is 13.1. The molecule has 1 unspecified atom stereocenters. The number of ether oxygens (including phenoxy) is 4. The number of nitrogens with one attached hydrogen (secondary N) is 1. The third-order valence-electron chi connectivity index (χ3n) is 7.65. The Hall–Kier alpha value is -3.64. The molecule has 4 rings (SSSR count). The second kappa shape index (κ2) is 12.3. The highest BCUT2D eigenvalue weighted by molar-refractivity contribution is 6.89. The number of methoxy groups -OCH3 is 2. The van der Waals surface area contributed by atoms with Gasteiger partial charge in [-0.3, -0.25) is 9.59 Å². The van der Waals surface area contributed by atoms with Crippen molar-refractivity contribution in [2.45, 2.75) is 51.0 Å². The quantitative estimate of drug-likeness (QED) is 0.338. The zero-order chi connectivity index (χ0) is 29.0. The van der Waals surface area contributed by atoms with E-state index < -0.39 is 25.9 Å². The predicted octanol–water partition coefficient (Wildman–Crippen LogP) is 2.79. The number of piperidine rings is 1. The van der Waals surface area contributed by atoms with E-state index in [1.807, 2.05) is 12.1 Å². The fourth-order valence-corrected chi connectivity index (χ4v) is 6.15. The minimum Gasteiger partial charge on any atom is -0.479 e. The van der Waals surface area contributed by atoms with E-state index in [1.54, 1.807) is 6.07 Å². The fourth-order valence-electron chi connectivity index (χ4n) is 4.66. The molecule has 2 aromatic rings. The molecule has 1 aromatic heterocycles. The van der Waals surface area contributed by atoms with Gasteiger partial charge in [-0.1, -0.05) is 43.4 Å². The van der Waals surface area contributed by atoms with Gasteiger partial charge in [-0.2, -0.15) is 9.97 Å². The first-order valence-corrected chi connectivity index (χ1v) is 16.7. The standard InChI is InChI=1S/C28H39N5O6Si/c1-8-40(6,7)20-11-9-10-19(16-20)38-22-17-21(34)24(39-22)25(35)29-23-26(36-4)30-28(31-27(23)37-5)33-14-12-18(13-15-33)32(2)3/h9-11,16-18,24H,8,12-15H2,1-7H3,(H,29,35). The zero-order valence-electron chi connectivity index (χ0n) is 24.3. The molecule has 2 aliphatic rings. The van der Waals surface area contributed by atoms with Crippen LogP contribution in [0.3, 0.4) is 0 Å². The number of rotatable bonds is 10. The Morgan fingerprint density at radius 2 is 1.80 bits per heavy atom. The monoisotopic (exact) mass is 569 g/mol. The summed E-state index contributed by atoms with van der Waals surface area (Å²) < 4.78 is 22.4. The minimum absolute atomic E-state index is 0.0371. The van der Waals surface area contributed by atoms with Gasteiger partial charge in [0.05, 0.1) is 28.4 Å². The van der Waals surface area contributed by atoms with E-state index in [4.69, 9.17) is 18.9 Å². The zero-order valence-corrected chi connectivity index (χ0v) is 25.3. The molecule has 1 saturated heterocycles. The van der Waals surface area contributed by atoms with E-state index in [1.165, 1.54) is 25.5 Å². The van der Waals surface area contributed by atoms with Gasteiger partial charge in [0.15, 0.2) is 5.69 Å². The molecule has 216 valence electrons. The van der Waals surface area contributed by atoms with Crippen molar-refractivity contribution >= 4 is 36.6 Å². The molecule has 0 saturated carbocycles. The molecule has 12 heteroatoms. The highest BCUT2D eigenvalue weighted by Gasteiger charge is 2.37. The van der Waals surface area contributed by atoms with Gasteiger partial charge in [-0.25, -0.2) is 0 Å². The van der Waals surface area contributed by atoms with Crippen LogP contribution >= 0.6 is 0 Å². The third kappa shape index (κ3) is 6.39. The molecule has 0 aliphatic carbocycles. The largest absolute Gasteiger partial charge is 0.479 e. The van der Waals surface area contributed by atoms with E-state index in [2.05, 4.69) is 65.3 Å². The summed E-state index contributed by atoms with van der Waals surface area (Å²) in [6.07, 6.45) is 1.70. The molecule has 1 N–H and O–H groups in total. The van der Waals surface area contributed by atoms with Crippen LogP contribution in [0.1, 0.15) is 19.8 Å². The van der Waals surface area contributed by atoms with Crippen molar-refractivity contribution in [2.75, 3.05) is 51.6 Å². The van der Waals surface area contributed by atoms with E-state index >= 15 is 0 Å². The van der Waals surface area contributed by atoms with Crippen LogP contribution in [0, 0.1) is 0 Å². The molecule has 1 amide bonds. The van der Waals surface area contributed by atoms with Crippen LogP contribution in [0.25, 0.3) is 0 Å². The molecule has 1 fully saturated rings. The first-order valence-electron chi connectivity index (χ1n) is 13.5. The lowest BCUT2D eigenvalue weighted by molar-refractivity contribution is -0.134. The molecule has 1 aromatic carbocycles. The van der Waals surface area contributed by atoms with Crippen LogP contribution in [0.15, 0.2) is 36.3 Å². The number of hydrogen-bond acceptors (Lipinski definition) is 10. The van der Waals surface area contributed by atoms with Crippen molar-refractivity contribution < 1.29 is 28.5 Å². The van der Waals surface area contributed by atoms with Gasteiger partial charge >= 0.3 is 0 Å². The number of ketones is 1. The number of carbonyl (C=O) groups is 2. The Labute approximate surface area is 236 Å². The van der Waals surface area contributed by atoms with Gasteiger partial charge in [0, 0.05) is 19.1 Å². The van der Waals surface area contributed by atoms with Gasteiger partial charge in [0.25, 0.3) is 11.9 Å². The molecule has 1 atom stereocenters. The molecular formula is C28H39N5O6Si. The molecule has 0 bridgehead atoms. The van der Waals surface area contributed by atoms with Gasteiger partial charge in [-0.15, -0.1) is 0 Å². The lowest BCUT2D eigenvalue weighted by Crippen LogP contribution is -2.42. The van der Waals surface area contributed by atoms with Crippen molar-refractivity contribution in [3.8, 4) is 17.5 Å². The van der Waals surface area contributed by atoms with E-state index in [-0.39, 0.29) is 23.4 Å². The first kappa shape index (κ1) is 29.3. The smallest absolute Gasteiger partial charge is 0.289 e. The molecule has 40 heavy (non-hydrogen) atoms. The van der Waals surface area contributed by atoms with Crippen molar-refractivity contribution in [3.05, 3.63) is 36.3 Å². The van der Waals surface area contributed by atoms with Crippen LogP contribution < -0.4 is 29.6 Å². The normalized spacial score (nSPS) is 17.9. The number of nitrogens with zero attached hydrogens (tertiary/aromatic N) is 4. The fraction of sp³-hybridized carbons (Fsp3) is 0.500. The van der Waals surface area contributed by atoms with Gasteiger partial charge in [0.2, 0.25) is 29.6 Å². The number of carbonyl (C=O) groups excluding carboxylic acids is 2. The summed E-state index contributed by atoms with van der Waals surface area (Å²) >= 11 is 0. The highest BCUT2D eigenvalue weighted by Crippen LogP contribution is 2.35. The van der Waals surface area contributed by atoms with Gasteiger partial charge < -0.3 is 34.1 Å². The maximum atomic E-state index is 13.1. The number of aromatic nitrogens is 2. The first-order chi connectivity index (χ1) is 19.1. The molecule has 0 spiro atoms. The summed E-state index contributed by atoms with van der Waals surface area (Å²) in [4.78, 5) is 39.2. The molecule has 3 heterocycles. The topological polar surface area (TPSA) is 115 Å². The summed E-state index contributed by atoms with van der Waals surface area (Å²) in [7, 11) is 5.47. The Balaban J connectivity index is 1.45. The molecule has 11 nitrogen and oxygen atoms in total. The second-order valence-corrected chi connectivity index (χ2v) is 15.9. The SMILES string of the molecule is CC[Si](C)(C)c1cccc(OC2=CC(=O)C(C(=O)Nc3c(OC)nc(N4CCC(N(C)C)CC4)nc3OC)O2)c1. The Morgan fingerprint density at radius 3 is 2.38 bits per heavy atom.